The number of benzene rings is 3. The highest BCUT2D eigenvalue weighted by atomic mass is 35.5. The first-order chi connectivity index (χ1) is 17.0. The molecule has 2 atom stereocenters. The first kappa shape index (κ1) is 21.7. The summed E-state index contributed by atoms with van der Waals surface area (Å²) >= 11 is 6.04. The fraction of sp³-hybridized carbons (Fsp3) is 0.222. The minimum atomic E-state index is -1.46. The van der Waals surface area contributed by atoms with Gasteiger partial charge in [0.2, 0.25) is 5.91 Å². The van der Waals surface area contributed by atoms with Gasteiger partial charge in [0.15, 0.2) is 5.41 Å². The second kappa shape index (κ2) is 8.13. The standard InChI is InChI=1S/C27H23ClN4O3/c28-19-10-12-21(13-11-19)32-25(34)27(24(33)29-26(32)35)16-18-6-4-5-9-22(18)31-15-14-30(17-23(27)31)20-7-2-1-3-8-20/h1-13,23H,14-17H2,(H,29,33,35)/t23-,27+/m0/s1. The van der Waals surface area contributed by atoms with Gasteiger partial charge < -0.3 is 9.80 Å². The summed E-state index contributed by atoms with van der Waals surface area (Å²) in [5.41, 5.74) is 1.91. The SMILES string of the molecule is O=C1NC(=O)[C@]2(Cc3ccccc3N3CCN(c4ccccc4)C[C@H]32)C(=O)N1c1ccc(Cl)cc1. The maximum atomic E-state index is 14.3. The summed E-state index contributed by atoms with van der Waals surface area (Å²) in [5.74, 6) is -1.05. The van der Waals surface area contributed by atoms with Crippen LogP contribution in [0.15, 0.2) is 78.9 Å². The minimum absolute atomic E-state index is 0.217. The Balaban J connectivity index is 1.48. The number of urea groups is 1. The number of hydrogen-bond donors (Lipinski definition) is 1. The normalized spacial score (nSPS) is 23.7. The summed E-state index contributed by atoms with van der Waals surface area (Å²) in [6.07, 6.45) is 0.217. The lowest BCUT2D eigenvalue weighted by molar-refractivity contribution is -0.144. The predicted molar refractivity (Wildman–Crippen MR) is 135 cm³/mol. The Bertz CT molecular complexity index is 1330. The number of carbonyl (C=O) groups is 3. The molecule has 2 fully saturated rings. The molecule has 0 aromatic heterocycles. The molecule has 3 aromatic carbocycles. The summed E-state index contributed by atoms with van der Waals surface area (Å²) in [4.78, 5) is 46.4. The van der Waals surface area contributed by atoms with Crippen LogP contribution < -0.4 is 20.0 Å². The molecule has 35 heavy (non-hydrogen) atoms. The zero-order chi connectivity index (χ0) is 24.2. The Morgan fingerprint density at radius 1 is 0.829 bits per heavy atom. The number of piperazine rings is 1. The fourth-order valence-electron chi connectivity index (χ4n) is 5.65. The molecule has 176 valence electrons. The van der Waals surface area contributed by atoms with Crippen molar-refractivity contribution in [3.63, 3.8) is 0 Å². The van der Waals surface area contributed by atoms with Crippen molar-refractivity contribution >= 4 is 46.5 Å². The van der Waals surface area contributed by atoms with Crippen LogP contribution in [0.25, 0.3) is 0 Å². The Morgan fingerprint density at radius 2 is 1.54 bits per heavy atom. The van der Waals surface area contributed by atoms with Crippen molar-refractivity contribution in [2.45, 2.75) is 12.5 Å². The summed E-state index contributed by atoms with van der Waals surface area (Å²) < 4.78 is 0. The van der Waals surface area contributed by atoms with E-state index in [0.717, 1.165) is 28.4 Å². The molecule has 0 aliphatic carbocycles. The number of anilines is 3. The Morgan fingerprint density at radius 3 is 2.31 bits per heavy atom. The van der Waals surface area contributed by atoms with Crippen molar-refractivity contribution in [3.05, 3.63) is 89.4 Å². The van der Waals surface area contributed by atoms with Gasteiger partial charge in [-0.1, -0.05) is 48.0 Å². The van der Waals surface area contributed by atoms with E-state index in [0.29, 0.717) is 23.8 Å². The van der Waals surface area contributed by atoms with Crippen LogP contribution in [-0.4, -0.2) is 43.5 Å². The molecule has 1 N–H and O–H groups in total. The Labute approximate surface area is 207 Å². The van der Waals surface area contributed by atoms with E-state index in [1.165, 1.54) is 0 Å². The lowest BCUT2D eigenvalue weighted by Crippen LogP contribution is -2.75. The summed E-state index contributed by atoms with van der Waals surface area (Å²) in [6.45, 7) is 1.87. The number of amides is 4. The van der Waals surface area contributed by atoms with Gasteiger partial charge in [-0.05, 0) is 54.4 Å². The molecule has 3 aliphatic rings. The fourth-order valence-corrected chi connectivity index (χ4v) is 5.78. The molecular formula is C27H23ClN4O3. The molecular weight excluding hydrogens is 464 g/mol. The van der Waals surface area contributed by atoms with Gasteiger partial charge in [0, 0.05) is 36.0 Å². The number of nitrogens with one attached hydrogen (secondary N) is 1. The third kappa shape index (κ3) is 3.30. The topological polar surface area (TPSA) is 73.0 Å². The molecule has 3 aliphatic heterocycles. The average Bonchev–Trinajstić information content (AvgIpc) is 2.88. The number of carbonyl (C=O) groups excluding carboxylic acids is 3. The van der Waals surface area contributed by atoms with E-state index in [1.54, 1.807) is 24.3 Å². The number of barbiturate groups is 1. The van der Waals surface area contributed by atoms with Gasteiger partial charge in [0.25, 0.3) is 5.91 Å². The van der Waals surface area contributed by atoms with Crippen LogP contribution in [0.3, 0.4) is 0 Å². The maximum Gasteiger partial charge on any atom is 0.335 e. The van der Waals surface area contributed by atoms with Gasteiger partial charge >= 0.3 is 6.03 Å². The molecule has 2 saturated heterocycles. The monoisotopic (exact) mass is 486 g/mol. The van der Waals surface area contributed by atoms with Crippen LogP contribution in [0, 0.1) is 5.41 Å². The first-order valence-corrected chi connectivity index (χ1v) is 12.0. The lowest BCUT2D eigenvalue weighted by atomic mass is 9.67. The third-order valence-electron chi connectivity index (χ3n) is 7.34. The van der Waals surface area contributed by atoms with Gasteiger partial charge in [0.1, 0.15) is 0 Å². The number of para-hydroxylation sites is 2. The van der Waals surface area contributed by atoms with Crippen molar-refractivity contribution in [3.8, 4) is 0 Å². The molecule has 0 radical (unpaired) electrons. The minimum Gasteiger partial charge on any atom is -0.368 e. The molecule has 8 heteroatoms. The summed E-state index contributed by atoms with van der Waals surface area (Å²) in [5, 5.41) is 2.99. The molecule has 1 spiro atoms. The number of rotatable bonds is 2. The van der Waals surface area contributed by atoms with Crippen molar-refractivity contribution in [1.29, 1.82) is 0 Å². The van der Waals surface area contributed by atoms with E-state index < -0.39 is 29.3 Å². The lowest BCUT2D eigenvalue weighted by Gasteiger charge is -2.55. The largest absolute Gasteiger partial charge is 0.368 e. The number of nitrogens with zero attached hydrogens (tertiary/aromatic N) is 3. The Kier molecular flexibility index (Phi) is 5.04. The second-order valence-electron chi connectivity index (χ2n) is 9.14. The Hall–Kier alpha value is -3.84. The average molecular weight is 487 g/mol. The van der Waals surface area contributed by atoms with E-state index >= 15 is 0 Å². The van der Waals surface area contributed by atoms with Gasteiger partial charge in [-0.15, -0.1) is 0 Å². The number of hydrogen-bond acceptors (Lipinski definition) is 5. The number of imide groups is 2. The van der Waals surface area contributed by atoms with E-state index in [4.69, 9.17) is 11.6 Å². The molecule has 4 amide bonds. The quantitative estimate of drug-likeness (QED) is 0.557. The van der Waals surface area contributed by atoms with Crippen LogP contribution in [0.4, 0.5) is 21.9 Å². The van der Waals surface area contributed by atoms with Crippen LogP contribution in [0.1, 0.15) is 5.56 Å². The van der Waals surface area contributed by atoms with Gasteiger partial charge in [0.05, 0.1) is 11.7 Å². The molecule has 3 heterocycles. The van der Waals surface area contributed by atoms with Gasteiger partial charge in [-0.2, -0.15) is 0 Å². The highest BCUT2D eigenvalue weighted by Gasteiger charge is 2.63. The second-order valence-corrected chi connectivity index (χ2v) is 9.58. The molecule has 0 bridgehead atoms. The van der Waals surface area contributed by atoms with Crippen LogP contribution >= 0.6 is 11.6 Å². The van der Waals surface area contributed by atoms with Gasteiger partial charge in [-0.3, -0.25) is 14.9 Å². The van der Waals surface area contributed by atoms with Crippen molar-refractivity contribution in [2.75, 3.05) is 34.3 Å². The molecule has 0 unspecified atom stereocenters. The molecule has 3 aromatic rings. The zero-order valence-corrected chi connectivity index (χ0v) is 19.6. The summed E-state index contributed by atoms with van der Waals surface area (Å²) in [6, 6.07) is 23.2. The van der Waals surface area contributed by atoms with Gasteiger partial charge in [-0.25, -0.2) is 9.69 Å². The van der Waals surface area contributed by atoms with Crippen LogP contribution in [0.5, 0.6) is 0 Å². The van der Waals surface area contributed by atoms with E-state index in [2.05, 4.69) is 15.1 Å². The van der Waals surface area contributed by atoms with Crippen molar-refractivity contribution in [2.24, 2.45) is 5.41 Å². The smallest absolute Gasteiger partial charge is 0.335 e. The predicted octanol–water partition coefficient (Wildman–Crippen LogP) is 3.86. The highest BCUT2D eigenvalue weighted by molar-refractivity contribution is 6.32. The number of halogens is 1. The highest BCUT2D eigenvalue weighted by Crippen LogP contribution is 2.46. The first-order valence-electron chi connectivity index (χ1n) is 11.6. The van der Waals surface area contributed by atoms with E-state index in [-0.39, 0.29) is 6.42 Å². The van der Waals surface area contributed by atoms with Crippen molar-refractivity contribution in [1.82, 2.24) is 5.32 Å². The summed E-state index contributed by atoms with van der Waals surface area (Å²) in [7, 11) is 0. The maximum absolute atomic E-state index is 14.3. The third-order valence-corrected chi connectivity index (χ3v) is 7.59. The van der Waals surface area contributed by atoms with E-state index in [1.807, 2.05) is 54.6 Å². The number of fused-ring (bicyclic) bond motifs is 4. The van der Waals surface area contributed by atoms with Crippen molar-refractivity contribution < 1.29 is 14.4 Å². The zero-order valence-electron chi connectivity index (χ0n) is 18.9. The van der Waals surface area contributed by atoms with Crippen LogP contribution in [-0.2, 0) is 16.0 Å². The van der Waals surface area contributed by atoms with Crippen LogP contribution in [0.2, 0.25) is 5.02 Å². The molecule has 0 saturated carbocycles. The van der Waals surface area contributed by atoms with E-state index in [9.17, 15) is 14.4 Å². The molecule has 6 rings (SSSR count). The molecule has 7 nitrogen and oxygen atoms in total.